The van der Waals surface area contributed by atoms with Crippen LogP contribution in [0.2, 0.25) is 0 Å². The molecule has 0 aromatic carbocycles. The molecule has 98 valence electrons. The maximum absolute atomic E-state index is 4.50. The van der Waals surface area contributed by atoms with Crippen LogP contribution in [0.25, 0.3) is 0 Å². The minimum Gasteiger partial charge on any atom is -0.285 e. The predicted octanol–water partition coefficient (Wildman–Crippen LogP) is 4.52. The lowest BCUT2D eigenvalue weighted by Crippen LogP contribution is -1.99. The Balaban J connectivity index is 5.44. The summed E-state index contributed by atoms with van der Waals surface area (Å²) in [6, 6.07) is 0. The predicted molar refractivity (Wildman–Crippen MR) is 83.6 cm³/mol. The van der Waals surface area contributed by atoms with E-state index in [0.717, 1.165) is 24.3 Å². The highest BCUT2D eigenvalue weighted by Crippen LogP contribution is 2.10. The van der Waals surface area contributed by atoms with Gasteiger partial charge in [0.1, 0.15) is 0 Å². The van der Waals surface area contributed by atoms with Crippen LogP contribution in [0.3, 0.4) is 0 Å². The topological polar surface area (TPSA) is 24.7 Å². The zero-order valence-corrected chi connectivity index (χ0v) is 12.0. The Kier molecular flexibility index (Phi) is 9.47. The SMILES string of the molecule is C=N\C=C/C(=N\CC)C(=C\C=C/C)/C=C(\C)CC. The molecular formula is C16H24N2. The molecule has 0 unspecified atom stereocenters. The second-order valence-electron chi connectivity index (χ2n) is 3.85. The average molecular weight is 244 g/mol. The highest BCUT2D eigenvalue weighted by molar-refractivity contribution is 6.10. The van der Waals surface area contributed by atoms with E-state index in [1.807, 2.05) is 32.1 Å². The van der Waals surface area contributed by atoms with Crippen molar-refractivity contribution >= 4 is 12.4 Å². The summed E-state index contributed by atoms with van der Waals surface area (Å²) in [7, 11) is 0. The summed E-state index contributed by atoms with van der Waals surface area (Å²) in [5.41, 5.74) is 3.37. The lowest BCUT2D eigenvalue weighted by Gasteiger charge is -2.04. The molecule has 0 bridgehead atoms. The average Bonchev–Trinajstić information content (AvgIpc) is 2.39. The lowest BCUT2D eigenvalue weighted by atomic mass is 10.0. The quantitative estimate of drug-likeness (QED) is 0.464. The maximum Gasteiger partial charge on any atom is 0.0661 e. The van der Waals surface area contributed by atoms with E-state index < -0.39 is 0 Å². The highest BCUT2D eigenvalue weighted by Gasteiger charge is 2.00. The van der Waals surface area contributed by atoms with E-state index in [0.29, 0.717) is 0 Å². The Morgan fingerprint density at radius 3 is 2.50 bits per heavy atom. The fourth-order valence-electron chi connectivity index (χ4n) is 1.31. The number of hydrogen-bond donors (Lipinski definition) is 0. The molecule has 0 saturated carbocycles. The van der Waals surface area contributed by atoms with Gasteiger partial charge in [-0.2, -0.15) is 0 Å². The van der Waals surface area contributed by atoms with Crippen molar-refractivity contribution in [2.24, 2.45) is 9.98 Å². The third-order valence-corrected chi connectivity index (χ3v) is 2.39. The zero-order valence-electron chi connectivity index (χ0n) is 12.0. The molecule has 0 saturated heterocycles. The smallest absolute Gasteiger partial charge is 0.0661 e. The lowest BCUT2D eigenvalue weighted by molar-refractivity contribution is 1.09. The Morgan fingerprint density at radius 2 is 2.00 bits per heavy atom. The summed E-state index contributed by atoms with van der Waals surface area (Å²) in [5.74, 6) is 0. The van der Waals surface area contributed by atoms with Gasteiger partial charge in [0.05, 0.1) is 5.71 Å². The maximum atomic E-state index is 4.50. The van der Waals surface area contributed by atoms with Crippen LogP contribution in [0, 0.1) is 0 Å². The molecule has 0 aromatic rings. The summed E-state index contributed by atoms with van der Waals surface area (Å²) in [6.07, 6.45) is 12.9. The van der Waals surface area contributed by atoms with Crippen LogP contribution in [0.1, 0.15) is 34.1 Å². The Hall–Kier alpha value is -1.70. The van der Waals surface area contributed by atoms with E-state index in [9.17, 15) is 0 Å². The molecule has 2 nitrogen and oxygen atoms in total. The normalized spacial score (nSPS) is 14.8. The summed E-state index contributed by atoms with van der Waals surface area (Å²) >= 11 is 0. The fourth-order valence-corrected chi connectivity index (χ4v) is 1.31. The van der Waals surface area contributed by atoms with Crippen molar-refractivity contribution < 1.29 is 0 Å². The van der Waals surface area contributed by atoms with Gasteiger partial charge in [0, 0.05) is 12.7 Å². The molecule has 2 heteroatoms. The fraction of sp³-hybridized carbons (Fsp3) is 0.375. The first-order valence-corrected chi connectivity index (χ1v) is 6.36. The molecule has 0 radical (unpaired) electrons. The molecule has 0 spiro atoms. The molecule has 0 amide bonds. The first kappa shape index (κ1) is 16.3. The van der Waals surface area contributed by atoms with E-state index in [2.05, 4.69) is 42.7 Å². The molecule has 0 aromatic heterocycles. The third-order valence-electron chi connectivity index (χ3n) is 2.39. The van der Waals surface area contributed by atoms with Crippen LogP contribution in [-0.2, 0) is 0 Å². The van der Waals surface area contributed by atoms with Crippen molar-refractivity contribution in [1.82, 2.24) is 0 Å². The molecular weight excluding hydrogens is 220 g/mol. The van der Waals surface area contributed by atoms with Crippen LogP contribution < -0.4 is 0 Å². The van der Waals surface area contributed by atoms with Gasteiger partial charge in [-0.05, 0) is 45.6 Å². The molecule has 0 aliphatic heterocycles. The zero-order chi connectivity index (χ0) is 13.8. The van der Waals surface area contributed by atoms with Crippen molar-refractivity contribution in [3.8, 4) is 0 Å². The van der Waals surface area contributed by atoms with Crippen LogP contribution in [0.15, 0.2) is 57.7 Å². The standard InChI is InChI=1S/C16H24N2/c1-6-9-10-15(13-14(4)7-2)16(18-8-3)11-12-17-5/h6,9-13H,5,7-8H2,1-4H3/b9-6-,12-11-,14-13+,15-10-,18-16+. The highest BCUT2D eigenvalue weighted by atomic mass is 14.7. The number of hydrogen-bond acceptors (Lipinski definition) is 2. The summed E-state index contributed by atoms with van der Waals surface area (Å²) in [5, 5.41) is 0. The number of rotatable bonds is 7. The molecule has 18 heavy (non-hydrogen) atoms. The molecule has 0 fully saturated rings. The monoisotopic (exact) mass is 244 g/mol. The van der Waals surface area contributed by atoms with Gasteiger partial charge in [-0.1, -0.05) is 36.8 Å². The van der Waals surface area contributed by atoms with Crippen molar-refractivity contribution in [1.29, 1.82) is 0 Å². The molecule has 0 N–H and O–H groups in total. The van der Waals surface area contributed by atoms with Gasteiger partial charge < -0.3 is 0 Å². The van der Waals surface area contributed by atoms with Crippen LogP contribution >= 0.6 is 0 Å². The molecule has 0 rings (SSSR count). The summed E-state index contributed by atoms with van der Waals surface area (Å²) in [6.45, 7) is 12.5. The summed E-state index contributed by atoms with van der Waals surface area (Å²) < 4.78 is 0. The molecule has 0 aliphatic rings. The number of aliphatic imine (C=N–C) groups is 2. The largest absolute Gasteiger partial charge is 0.285 e. The van der Waals surface area contributed by atoms with Gasteiger partial charge in [-0.25, -0.2) is 0 Å². The number of allylic oxidation sites excluding steroid dienone is 7. The first-order chi connectivity index (χ1) is 8.69. The van der Waals surface area contributed by atoms with E-state index in [1.165, 1.54) is 5.57 Å². The van der Waals surface area contributed by atoms with Gasteiger partial charge in [-0.3, -0.25) is 9.98 Å². The Morgan fingerprint density at radius 1 is 1.28 bits per heavy atom. The molecule has 0 heterocycles. The van der Waals surface area contributed by atoms with E-state index >= 15 is 0 Å². The van der Waals surface area contributed by atoms with Gasteiger partial charge in [0.15, 0.2) is 0 Å². The molecule has 0 aliphatic carbocycles. The Bertz CT molecular complexity index is 393. The third kappa shape index (κ3) is 6.79. The van der Waals surface area contributed by atoms with E-state index in [1.54, 1.807) is 6.20 Å². The van der Waals surface area contributed by atoms with Gasteiger partial charge in [0.25, 0.3) is 0 Å². The van der Waals surface area contributed by atoms with Crippen molar-refractivity contribution in [3.05, 3.63) is 47.7 Å². The van der Waals surface area contributed by atoms with Crippen molar-refractivity contribution in [2.45, 2.75) is 34.1 Å². The minimum absolute atomic E-state index is 0.753. The van der Waals surface area contributed by atoms with E-state index in [-0.39, 0.29) is 0 Å². The molecule has 0 atom stereocenters. The van der Waals surface area contributed by atoms with Crippen molar-refractivity contribution in [2.75, 3.05) is 6.54 Å². The van der Waals surface area contributed by atoms with Gasteiger partial charge in [-0.15, -0.1) is 0 Å². The summed E-state index contributed by atoms with van der Waals surface area (Å²) in [4.78, 5) is 8.24. The second kappa shape index (κ2) is 10.5. The van der Waals surface area contributed by atoms with Crippen molar-refractivity contribution in [3.63, 3.8) is 0 Å². The minimum atomic E-state index is 0.753. The van der Waals surface area contributed by atoms with Crippen LogP contribution in [0.4, 0.5) is 0 Å². The first-order valence-electron chi connectivity index (χ1n) is 6.36. The van der Waals surface area contributed by atoms with Gasteiger partial charge >= 0.3 is 0 Å². The second-order valence-corrected chi connectivity index (χ2v) is 3.85. The van der Waals surface area contributed by atoms with Gasteiger partial charge in [0.2, 0.25) is 0 Å². The van der Waals surface area contributed by atoms with E-state index in [4.69, 9.17) is 0 Å². The number of nitrogens with zero attached hydrogens (tertiary/aromatic N) is 2. The van der Waals surface area contributed by atoms with Crippen LogP contribution in [-0.4, -0.2) is 19.0 Å². The Labute approximate surface area is 111 Å². The van der Waals surface area contributed by atoms with Crippen LogP contribution in [0.5, 0.6) is 0 Å².